The van der Waals surface area contributed by atoms with E-state index in [0.717, 1.165) is 12.8 Å². The number of aliphatic hydroxyl groups is 4. The smallest absolute Gasteiger partial charge is 0.233 e. The quantitative estimate of drug-likeness (QED) is 0.125. The van der Waals surface area contributed by atoms with Crippen molar-refractivity contribution in [2.24, 2.45) is 23.7 Å². The second-order valence-electron chi connectivity index (χ2n) is 9.91. The molecule has 1 saturated carbocycles. The van der Waals surface area contributed by atoms with Crippen LogP contribution in [-0.4, -0.2) is 100 Å². The first-order valence-electron chi connectivity index (χ1n) is 12.6. The lowest BCUT2D eigenvalue weighted by Gasteiger charge is -2.39. The van der Waals surface area contributed by atoms with E-state index in [1.807, 2.05) is 0 Å². The van der Waals surface area contributed by atoms with E-state index < -0.39 is 37.3 Å². The zero-order valence-corrected chi connectivity index (χ0v) is 19.7. The van der Waals surface area contributed by atoms with Gasteiger partial charge in [-0.05, 0) is 37.5 Å². The highest BCUT2D eigenvalue weighted by Crippen LogP contribution is 2.52. The summed E-state index contributed by atoms with van der Waals surface area (Å²) in [6, 6.07) is 0. The Kier molecular flexibility index (Phi) is 8.56. The molecule has 11 nitrogen and oxygen atoms in total. The lowest BCUT2D eigenvalue weighted by atomic mass is 9.85. The Balaban J connectivity index is 1.04. The van der Waals surface area contributed by atoms with Gasteiger partial charge in [0.2, 0.25) is 17.7 Å². The highest BCUT2D eigenvalue weighted by Gasteiger charge is 2.58. The minimum absolute atomic E-state index is 0.0273. The Labute approximate surface area is 204 Å². The Morgan fingerprint density at radius 1 is 1.00 bits per heavy atom. The first-order chi connectivity index (χ1) is 16.8. The summed E-state index contributed by atoms with van der Waals surface area (Å²) in [6.45, 7) is 0.387. The van der Waals surface area contributed by atoms with E-state index >= 15 is 0 Å². The van der Waals surface area contributed by atoms with Crippen molar-refractivity contribution in [2.75, 3.05) is 26.3 Å². The fourth-order valence-electron chi connectivity index (χ4n) is 5.71. The minimum atomic E-state index is -1.49. The summed E-state index contributed by atoms with van der Waals surface area (Å²) in [4.78, 5) is 38.8. The van der Waals surface area contributed by atoms with Crippen LogP contribution < -0.4 is 5.32 Å². The lowest BCUT2D eigenvalue weighted by molar-refractivity contribution is -0.301. The van der Waals surface area contributed by atoms with Crippen molar-refractivity contribution < 1.29 is 44.3 Å². The van der Waals surface area contributed by atoms with Crippen LogP contribution in [0.5, 0.6) is 0 Å². The zero-order chi connectivity index (χ0) is 25.1. The van der Waals surface area contributed by atoms with Crippen molar-refractivity contribution in [3.8, 4) is 0 Å². The fraction of sp³-hybridized carbons (Fsp3) is 0.792. The summed E-state index contributed by atoms with van der Waals surface area (Å²) in [5, 5.41) is 41.4. The molecule has 8 unspecified atom stereocenters. The van der Waals surface area contributed by atoms with E-state index in [9.17, 15) is 34.8 Å². The molecule has 2 heterocycles. The second kappa shape index (κ2) is 11.4. The number of carbonyl (C=O) groups excluding carboxylic acids is 3. The average Bonchev–Trinajstić information content (AvgIpc) is 3.53. The molecule has 35 heavy (non-hydrogen) atoms. The van der Waals surface area contributed by atoms with E-state index in [2.05, 4.69) is 17.5 Å². The van der Waals surface area contributed by atoms with Crippen LogP contribution >= 0.6 is 0 Å². The summed E-state index contributed by atoms with van der Waals surface area (Å²) in [6.07, 6.45) is 1.39. The minimum Gasteiger partial charge on any atom is -0.394 e. The maximum atomic E-state index is 12.7. The summed E-state index contributed by atoms with van der Waals surface area (Å²) < 4.78 is 10.6. The Bertz CT molecular complexity index is 789. The predicted molar refractivity (Wildman–Crippen MR) is 120 cm³/mol. The van der Waals surface area contributed by atoms with E-state index in [1.165, 1.54) is 4.90 Å². The van der Waals surface area contributed by atoms with Crippen molar-refractivity contribution in [1.29, 1.82) is 0 Å². The molecule has 2 bridgehead atoms. The fourth-order valence-corrected chi connectivity index (χ4v) is 5.71. The topological polar surface area (TPSA) is 166 Å². The number of allylic oxidation sites excluding steroid dienone is 2. The molecule has 9 atom stereocenters. The van der Waals surface area contributed by atoms with Crippen LogP contribution in [0.25, 0.3) is 0 Å². The molecule has 0 aromatic carbocycles. The number of hydrogen-bond acceptors (Lipinski definition) is 9. The standard InChI is InChI=1S/C24H36N2O9/c27-12-15-19(29)20(30)21(31)24(35-15)34-10-4-8-25-16(28)5-2-1-3-9-26-22(32)17-13-6-7-14(11-13)18(17)23(26)33/h6-7,13-15,17-21,24,27,29-31H,1-5,8-12H2,(H,25,28)/t13?,14?,15?,17?,18?,19-,20?,21?,24?/m0/s1. The van der Waals surface area contributed by atoms with Crippen LogP contribution in [0.3, 0.4) is 0 Å². The van der Waals surface area contributed by atoms with Gasteiger partial charge in [0.25, 0.3) is 0 Å². The predicted octanol–water partition coefficient (Wildman–Crippen LogP) is -1.32. The highest BCUT2D eigenvalue weighted by atomic mass is 16.7. The van der Waals surface area contributed by atoms with Crippen molar-refractivity contribution in [1.82, 2.24) is 10.2 Å². The molecule has 2 aliphatic carbocycles. The largest absolute Gasteiger partial charge is 0.394 e. The van der Waals surface area contributed by atoms with Crippen molar-refractivity contribution in [3.63, 3.8) is 0 Å². The third kappa shape index (κ3) is 5.45. The molecule has 196 valence electrons. The third-order valence-electron chi connectivity index (χ3n) is 7.62. The zero-order valence-electron chi connectivity index (χ0n) is 19.7. The number of carbonyl (C=O) groups is 3. The maximum Gasteiger partial charge on any atom is 0.233 e. The number of amides is 3. The van der Waals surface area contributed by atoms with Crippen molar-refractivity contribution in [3.05, 3.63) is 12.2 Å². The number of nitrogens with one attached hydrogen (secondary N) is 1. The number of nitrogens with zero attached hydrogens (tertiary/aromatic N) is 1. The molecule has 4 aliphatic rings. The number of aliphatic hydroxyl groups excluding tert-OH is 4. The first kappa shape index (κ1) is 26.2. The van der Waals surface area contributed by atoms with Gasteiger partial charge in [-0.25, -0.2) is 0 Å². The van der Waals surface area contributed by atoms with E-state index in [0.29, 0.717) is 38.8 Å². The number of unbranched alkanes of at least 4 members (excludes halogenated alkanes) is 2. The Morgan fingerprint density at radius 3 is 2.34 bits per heavy atom. The lowest BCUT2D eigenvalue weighted by Crippen LogP contribution is -2.59. The maximum absolute atomic E-state index is 12.7. The Morgan fingerprint density at radius 2 is 1.69 bits per heavy atom. The molecule has 4 rings (SSSR count). The SMILES string of the molecule is O=C(CCCCCN1C(=O)C2C3C=CC(C3)C2C1=O)NCCCOC1OC(CO)[C@H](O)C(O)C1O. The van der Waals surface area contributed by atoms with Gasteiger partial charge in [-0.1, -0.05) is 18.6 Å². The molecule has 0 aromatic heterocycles. The van der Waals surface area contributed by atoms with Crippen LogP contribution in [0.1, 0.15) is 38.5 Å². The molecular formula is C24H36N2O9. The van der Waals surface area contributed by atoms with Crippen LogP contribution in [0.4, 0.5) is 0 Å². The number of fused-ring (bicyclic) bond motifs is 5. The number of hydrogen-bond donors (Lipinski definition) is 5. The molecule has 11 heteroatoms. The van der Waals surface area contributed by atoms with Gasteiger partial charge in [-0.2, -0.15) is 0 Å². The molecule has 0 radical (unpaired) electrons. The monoisotopic (exact) mass is 496 g/mol. The average molecular weight is 497 g/mol. The van der Waals surface area contributed by atoms with Gasteiger partial charge in [0.1, 0.15) is 24.4 Å². The summed E-state index contributed by atoms with van der Waals surface area (Å²) in [5.41, 5.74) is 0. The van der Waals surface area contributed by atoms with Crippen LogP contribution in [0.2, 0.25) is 0 Å². The van der Waals surface area contributed by atoms with Gasteiger partial charge < -0.3 is 35.2 Å². The van der Waals surface area contributed by atoms with Gasteiger partial charge in [0, 0.05) is 19.5 Å². The number of ether oxygens (including phenoxy) is 2. The van der Waals surface area contributed by atoms with Gasteiger partial charge >= 0.3 is 0 Å². The van der Waals surface area contributed by atoms with Gasteiger partial charge in [-0.3, -0.25) is 19.3 Å². The molecular weight excluding hydrogens is 460 g/mol. The second-order valence-corrected chi connectivity index (χ2v) is 9.91. The first-order valence-corrected chi connectivity index (χ1v) is 12.6. The van der Waals surface area contributed by atoms with E-state index in [4.69, 9.17) is 9.47 Å². The third-order valence-corrected chi connectivity index (χ3v) is 7.62. The summed E-state index contributed by atoms with van der Waals surface area (Å²) >= 11 is 0. The number of imide groups is 1. The molecule has 3 fully saturated rings. The van der Waals surface area contributed by atoms with Gasteiger partial charge in [-0.15, -0.1) is 0 Å². The molecule has 3 amide bonds. The highest BCUT2D eigenvalue weighted by molar-refractivity contribution is 6.06. The van der Waals surface area contributed by atoms with Crippen molar-refractivity contribution in [2.45, 2.75) is 69.2 Å². The molecule has 0 aromatic rings. The molecule has 5 N–H and O–H groups in total. The molecule has 0 spiro atoms. The number of rotatable bonds is 12. The van der Waals surface area contributed by atoms with Crippen LogP contribution in [0.15, 0.2) is 12.2 Å². The van der Waals surface area contributed by atoms with E-state index in [-0.39, 0.29) is 48.0 Å². The summed E-state index contributed by atoms with van der Waals surface area (Å²) in [7, 11) is 0. The summed E-state index contributed by atoms with van der Waals surface area (Å²) in [5.74, 6) is -0.0409. The van der Waals surface area contributed by atoms with Gasteiger partial charge in [0.15, 0.2) is 6.29 Å². The molecule has 2 saturated heterocycles. The van der Waals surface area contributed by atoms with Crippen LogP contribution in [0, 0.1) is 23.7 Å². The van der Waals surface area contributed by atoms with Gasteiger partial charge in [0.05, 0.1) is 25.0 Å². The number of likely N-dealkylation sites (tertiary alicyclic amines) is 1. The normalized spacial score (nSPS) is 37.8. The molecule has 2 aliphatic heterocycles. The van der Waals surface area contributed by atoms with Crippen molar-refractivity contribution >= 4 is 17.7 Å². The van der Waals surface area contributed by atoms with Crippen LogP contribution in [-0.2, 0) is 23.9 Å². The Hall–Kier alpha value is -1.89. The van der Waals surface area contributed by atoms with E-state index in [1.54, 1.807) is 0 Å².